The SMILES string of the molecule is NCCn1cc(CCC(=O)O)nn1. The highest BCUT2D eigenvalue weighted by atomic mass is 16.4. The molecule has 0 fully saturated rings. The first-order chi connectivity index (χ1) is 6.22. The Kier molecular flexibility index (Phi) is 3.39. The largest absolute Gasteiger partial charge is 0.481 e. The molecule has 0 spiro atoms. The van der Waals surface area contributed by atoms with Crippen LogP contribution in [0.5, 0.6) is 0 Å². The molecule has 0 radical (unpaired) electrons. The minimum Gasteiger partial charge on any atom is -0.481 e. The van der Waals surface area contributed by atoms with Crippen LogP contribution in [-0.4, -0.2) is 32.6 Å². The van der Waals surface area contributed by atoms with Gasteiger partial charge in [0.2, 0.25) is 0 Å². The van der Waals surface area contributed by atoms with Gasteiger partial charge in [-0.25, -0.2) is 0 Å². The zero-order chi connectivity index (χ0) is 9.68. The third-order valence-corrected chi connectivity index (χ3v) is 1.54. The highest BCUT2D eigenvalue weighted by Crippen LogP contribution is 1.97. The first-order valence-electron chi connectivity index (χ1n) is 4.03. The number of hydrogen-bond acceptors (Lipinski definition) is 4. The van der Waals surface area contributed by atoms with E-state index in [1.54, 1.807) is 10.9 Å². The summed E-state index contributed by atoms with van der Waals surface area (Å²) in [5, 5.41) is 16.0. The van der Waals surface area contributed by atoms with Gasteiger partial charge in [-0.15, -0.1) is 5.10 Å². The number of aromatic nitrogens is 3. The van der Waals surface area contributed by atoms with E-state index in [4.69, 9.17) is 10.8 Å². The van der Waals surface area contributed by atoms with Crippen LogP contribution in [0.2, 0.25) is 0 Å². The lowest BCUT2D eigenvalue weighted by Gasteiger charge is -1.92. The van der Waals surface area contributed by atoms with E-state index in [9.17, 15) is 4.79 Å². The fraction of sp³-hybridized carbons (Fsp3) is 0.571. The molecule has 0 aliphatic carbocycles. The molecule has 1 rings (SSSR count). The normalized spacial score (nSPS) is 10.2. The Morgan fingerprint density at radius 3 is 3.08 bits per heavy atom. The maximum absolute atomic E-state index is 10.2. The number of carboxylic acid groups (broad SMARTS) is 1. The molecule has 6 heteroatoms. The highest BCUT2D eigenvalue weighted by molar-refractivity contribution is 5.66. The van der Waals surface area contributed by atoms with E-state index < -0.39 is 5.97 Å². The summed E-state index contributed by atoms with van der Waals surface area (Å²) in [6.45, 7) is 1.11. The van der Waals surface area contributed by atoms with Gasteiger partial charge >= 0.3 is 5.97 Å². The van der Waals surface area contributed by atoms with E-state index in [1.165, 1.54) is 0 Å². The number of aliphatic carboxylic acids is 1. The molecule has 0 amide bonds. The van der Waals surface area contributed by atoms with Gasteiger partial charge in [0, 0.05) is 19.2 Å². The number of nitrogens with zero attached hydrogens (tertiary/aromatic N) is 3. The van der Waals surface area contributed by atoms with Crippen molar-refractivity contribution in [3.05, 3.63) is 11.9 Å². The predicted octanol–water partition coefficient (Wildman–Crippen LogP) is -0.746. The third kappa shape index (κ3) is 3.20. The maximum atomic E-state index is 10.2. The van der Waals surface area contributed by atoms with E-state index in [1.807, 2.05) is 0 Å². The Balaban J connectivity index is 2.44. The lowest BCUT2D eigenvalue weighted by molar-refractivity contribution is -0.136. The van der Waals surface area contributed by atoms with Crippen molar-refractivity contribution in [2.75, 3.05) is 6.54 Å². The van der Waals surface area contributed by atoms with Gasteiger partial charge < -0.3 is 10.8 Å². The second kappa shape index (κ2) is 4.56. The molecule has 1 aromatic rings. The molecule has 6 nitrogen and oxygen atoms in total. The topological polar surface area (TPSA) is 94.0 Å². The van der Waals surface area contributed by atoms with Gasteiger partial charge in [0.05, 0.1) is 18.7 Å². The van der Waals surface area contributed by atoms with E-state index in [0.29, 0.717) is 25.2 Å². The van der Waals surface area contributed by atoms with Gasteiger partial charge in [0.1, 0.15) is 0 Å². The third-order valence-electron chi connectivity index (χ3n) is 1.54. The lowest BCUT2D eigenvalue weighted by atomic mass is 10.2. The molecule has 72 valence electrons. The first-order valence-corrected chi connectivity index (χ1v) is 4.03. The van der Waals surface area contributed by atoms with Crippen molar-refractivity contribution in [2.45, 2.75) is 19.4 Å². The summed E-state index contributed by atoms with van der Waals surface area (Å²) >= 11 is 0. The second-order valence-corrected chi connectivity index (χ2v) is 2.66. The van der Waals surface area contributed by atoms with E-state index in [-0.39, 0.29) is 6.42 Å². The van der Waals surface area contributed by atoms with E-state index in [0.717, 1.165) is 0 Å². The number of carboxylic acids is 1. The van der Waals surface area contributed by atoms with Crippen molar-refractivity contribution in [1.82, 2.24) is 15.0 Å². The zero-order valence-corrected chi connectivity index (χ0v) is 7.18. The lowest BCUT2D eigenvalue weighted by Crippen LogP contribution is -2.10. The fourth-order valence-corrected chi connectivity index (χ4v) is 0.930. The number of hydrogen-bond donors (Lipinski definition) is 2. The number of carbonyl (C=O) groups is 1. The van der Waals surface area contributed by atoms with Gasteiger partial charge in [0.15, 0.2) is 0 Å². The highest BCUT2D eigenvalue weighted by Gasteiger charge is 2.02. The van der Waals surface area contributed by atoms with Crippen LogP contribution in [0.1, 0.15) is 12.1 Å². The Morgan fingerprint density at radius 2 is 2.46 bits per heavy atom. The molecule has 1 aromatic heterocycles. The van der Waals surface area contributed by atoms with Crippen molar-refractivity contribution < 1.29 is 9.90 Å². The van der Waals surface area contributed by atoms with Crippen molar-refractivity contribution in [2.24, 2.45) is 5.73 Å². The van der Waals surface area contributed by atoms with Crippen LogP contribution in [0.15, 0.2) is 6.20 Å². The molecule has 0 bridgehead atoms. The van der Waals surface area contributed by atoms with Gasteiger partial charge in [-0.05, 0) is 0 Å². The Bertz CT molecular complexity index is 284. The average molecular weight is 184 g/mol. The van der Waals surface area contributed by atoms with Crippen LogP contribution in [0.25, 0.3) is 0 Å². The van der Waals surface area contributed by atoms with Gasteiger partial charge in [-0.3, -0.25) is 9.48 Å². The van der Waals surface area contributed by atoms with Crippen molar-refractivity contribution >= 4 is 5.97 Å². The van der Waals surface area contributed by atoms with Crippen LogP contribution in [0.3, 0.4) is 0 Å². The Labute approximate surface area is 75.3 Å². The Hall–Kier alpha value is -1.43. The van der Waals surface area contributed by atoms with Crippen molar-refractivity contribution in [3.63, 3.8) is 0 Å². The van der Waals surface area contributed by atoms with Crippen LogP contribution < -0.4 is 5.73 Å². The number of nitrogens with two attached hydrogens (primary N) is 1. The van der Waals surface area contributed by atoms with Gasteiger partial charge in [-0.1, -0.05) is 5.21 Å². The van der Waals surface area contributed by atoms with E-state index >= 15 is 0 Å². The van der Waals surface area contributed by atoms with Gasteiger partial charge in [0.25, 0.3) is 0 Å². The zero-order valence-electron chi connectivity index (χ0n) is 7.18. The maximum Gasteiger partial charge on any atom is 0.303 e. The summed E-state index contributed by atoms with van der Waals surface area (Å²) in [5.74, 6) is -0.826. The summed E-state index contributed by atoms with van der Waals surface area (Å²) in [6.07, 6.45) is 2.22. The molecule has 0 atom stereocenters. The summed E-state index contributed by atoms with van der Waals surface area (Å²) in [5.41, 5.74) is 6.00. The monoisotopic (exact) mass is 184 g/mol. The molecule has 0 unspecified atom stereocenters. The molecule has 13 heavy (non-hydrogen) atoms. The summed E-state index contributed by atoms with van der Waals surface area (Å²) in [6, 6.07) is 0. The minimum absolute atomic E-state index is 0.0846. The van der Waals surface area contributed by atoms with Gasteiger partial charge in [-0.2, -0.15) is 0 Å². The van der Waals surface area contributed by atoms with Crippen LogP contribution in [-0.2, 0) is 17.8 Å². The van der Waals surface area contributed by atoms with Crippen molar-refractivity contribution in [3.8, 4) is 0 Å². The Morgan fingerprint density at radius 1 is 1.69 bits per heavy atom. The first kappa shape index (κ1) is 9.66. The van der Waals surface area contributed by atoms with Crippen molar-refractivity contribution in [1.29, 1.82) is 0 Å². The molecule has 0 saturated heterocycles. The summed E-state index contributed by atoms with van der Waals surface area (Å²) in [4.78, 5) is 10.2. The second-order valence-electron chi connectivity index (χ2n) is 2.66. The predicted molar refractivity (Wildman–Crippen MR) is 45.0 cm³/mol. The fourth-order valence-electron chi connectivity index (χ4n) is 0.930. The van der Waals surface area contributed by atoms with Crippen LogP contribution in [0.4, 0.5) is 0 Å². The molecule has 3 N–H and O–H groups in total. The quantitative estimate of drug-likeness (QED) is 0.628. The average Bonchev–Trinajstić information content (AvgIpc) is 2.50. The molecular weight excluding hydrogens is 172 g/mol. The number of rotatable bonds is 5. The van der Waals surface area contributed by atoms with Crippen LogP contribution >= 0.6 is 0 Å². The molecule has 0 saturated carbocycles. The summed E-state index contributed by atoms with van der Waals surface area (Å²) < 4.78 is 1.61. The summed E-state index contributed by atoms with van der Waals surface area (Å²) in [7, 11) is 0. The smallest absolute Gasteiger partial charge is 0.303 e. The minimum atomic E-state index is -0.826. The molecule has 1 heterocycles. The van der Waals surface area contributed by atoms with Crippen LogP contribution in [0, 0.1) is 0 Å². The molecule has 0 aromatic carbocycles. The van der Waals surface area contributed by atoms with E-state index in [2.05, 4.69) is 10.3 Å². The standard InChI is InChI=1S/C7H12N4O2/c8-3-4-11-5-6(9-10-11)1-2-7(12)13/h5H,1-4,8H2,(H,12,13). The molecule has 0 aliphatic rings. The molecular formula is C7H12N4O2. The molecule has 0 aliphatic heterocycles. The number of aryl methyl sites for hydroxylation is 1.